The fourth-order valence-corrected chi connectivity index (χ4v) is 3.95. The fourth-order valence-electron chi connectivity index (χ4n) is 3.49. The summed E-state index contributed by atoms with van der Waals surface area (Å²) in [5, 5.41) is 14.1. The van der Waals surface area contributed by atoms with Gasteiger partial charge in [-0.05, 0) is 42.0 Å². The van der Waals surface area contributed by atoms with Gasteiger partial charge in [0.25, 0.3) is 17.5 Å². The van der Waals surface area contributed by atoms with Gasteiger partial charge < -0.3 is 9.47 Å². The molecule has 0 atom stereocenters. The lowest BCUT2D eigenvalue weighted by molar-refractivity contribution is -0.384. The highest BCUT2D eigenvalue weighted by Gasteiger charge is 2.37. The van der Waals surface area contributed by atoms with Crippen molar-refractivity contribution in [2.75, 3.05) is 12.0 Å². The van der Waals surface area contributed by atoms with Crippen molar-refractivity contribution in [3.8, 4) is 11.5 Å². The molecule has 4 rings (SSSR count). The van der Waals surface area contributed by atoms with E-state index in [1.165, 1.54) is 31.4 Å². The number of nitrogens with zero attached hydrogens (tertiary/aromatic N) is 2. The Morgan fingerprint density at radius 1 is 1.03 bits per heavy atom. The van der Waals surface area contributed by atoms with Gasteiger partial charge in [0, 0.05) is 27.7 Å². The lowest BCUT2D eigenvalue weighted by Gasteiger charge is -2.26. The molecule has 12 heteroatoms. The maximum absolute atomic E-state index is 13.1. The third kappa shape index (κ3) is 5.55. The van der Waals surface area contributed by atoms with Crippen LogP contribution in [-0.2, 0) is 16.2 Å². The van der Waals surface area contributed by atoms with Crippen LogP contribution in [0.2, 0.25) is 10.0 Å². The average Bonchev–Trinajstić information content (AvgIpc) is 2.86. The van der Waals surface area contributed by atoms with E-state index >= 15 is 0 Å². The van der Waals surface area contributed by atoms with Gasteiger partial charge in [-0.2, -0.15) is 0 Å². The van der Waals surface area contributed by atoms with Gasteiger partial charge in [-0.15, -0.1) is 0 Å². The molecule has 0 bridgehead atoms. The number of hydrogen-bond acceptors (Lipinski definition) is 7. The predicted molar refractivity (Wildman–Crippen MR) is 136 cm³/mol. The SMILES string of the molecule is COc1cc(/C=C2\C(=O)NC(=O)N(c3cccc([N+](=O)[O-])c3)C2=O)ccc1OCc1ccc(Cl)cc1Cl. The number of anilines is 1. The number of hydrogen-bond donors (Lipinski definition) is 1. The molecule has 0 unspecified atom stereocenters. The average molecular weight is 542 g/mol. The number of benzene rings is 3. The molecule has 1 aliphatic rings. The molecule has 1 saturated heterocycles. The van der Waals surface area contributed by atoms with Crippen molar-refractivity contribution >= 4 is 58.5 Å². The van der Waals surface area contributed by atoms with Crippen LogP contribution in [0.1, 0.15) is 11.1 Å². The van der Waals surface area contributed by atoms with E-state index in [0.29, 0.717) is 37.6 Å². The van der Waals surface area contributed by atoms with Crippen LogP contribution in [0.15, 0.2) is 66.2 Å². The van der Waals surface area contributed by atoms with Gasteiger partial charge in [-0.3, -0.25) is 25.0 Å². The summed E-state index contributed by atoms with van der Waals surface area (Å²) in [6.07, 6.45) is 1.27. The number of rotatable bonds is 7. The van der Waals surface area contributed by atoms with Crippen molar-refractivity contribution in [1.82, 2.24) is 5.32 Å². The van der Waals surface area contributed by atoms with Crippen LogP contribution in [0.5, 0.6) is 11.5 Å². The van der Waals surface area contributed by atoms with Gasteiger partial charge in [-0.1, -0.05) is 41.4 Å². The number of halogens is 2. The molecule has 1 heterocycles. The van der Waals surface area contributed by atoms with Crippen molar-refractivity contribution in [2.45, 2.75) is 6.61 Å². The molecular weight excluding hydrogens is 525 g/mol. The van der Waals surface area contributed by atoms with Crippen molar-refractivity contribution in [3.05, 3.63) is 97.5 Å². The van der Waals surface area contributed by atoms with E-state index in [4.69, 9.17) is 32.7 Å². The molecule has 188 valence electrons. The van der Waals surface area contributed by atoms with Gasteiger partial charge in [0.2, 0.25) is 0 Å². The van der Waals surface area contributed by atoms with Crippen LogP contribution in [-0.4, -0.2) is 29.9 Å². The zero-order valence-electron chi connectivity index (χ0n) is 19.1. The van der Waals surface area contributed by atoms with E-state index in [1.54, 1.807) is 36.4 Å². The van der Waals surface area contributed by atoms with Gasteiger partial charge >= 0.3 is 6.03 Å². The Labute approximate surface area is 220 Å². The minimum absolute atomic E-state index is 0.0581. The molecule has 3 aromatic carbocycles. The zero-order chi connectivity index (χ0) is 26.7. The number of carbonyl (C=O) groups is 3. The molecule has 1 N–H and O–H groups in total. The number of methoxy groups -OCH3 is 1. The molecule has 4 amide bonds. The third-order valence-corrected chi connectivity index (χ3v) is 5.88. The zero-order valence-corrected chi connectivity index (χ0v) is 20.6. The van der Waals surface area contributed by atoms with Crippen LogP contribution in [0.3, 0.4) is 0 Å². The number of amides is 4. The molecule has 10 nitrogen and oxygen atoms in total. The van der Waals surface area contributed by atoms with Gasteiger partial charge in [0.05, 0.1) is 17.7 Å². The molecule has 0 aliphatic carbocycles. The van der Waals surface area contributed by atoms with Gasteiger partial charge in [0.15, 0.2) is 11.5 Å². The Morgan fingerprint density at radius 2 is 1.81 bits per heavy atom. The summed E-state index contributed by atoms with van der Waals surface area (Å²) >= 11 is 12.1. The Bertz CT molecular complexity index is 1470. The number of nitro benzene ring substituents is 1. The lowest BCUT2D eigenvalue weighted by atomic mass is 10.1. The number of nitro groups is 1. The van der Waals surface area contributed by atoms with E-state index in [1.807, 2.05) is 0 Å². The second-order valence-corrected chi connectivity index (χ2v) is 8.51. The first-order chi connectivity index (χ1) is 17.7. The summed E-state index contributed by atoms with van der Waals surface area (Å²) in [5.74, 6) is -1.16. The minimum Gasteiger partial charge on any atom is -0.493 e. The van der Waals surface area contributed by atoms with Gasteiger partial charge in [0.1, 0.15) is 12.2 Å². The van der Waals surface area contributed by atoms with E-state index in [0.717, 1.165) is 6.07 Å². The fraction of sp³-hybridized carbons (Fsp3) is 0.0800. The number of barbiturate groups is 1. The Morgan fingerprint density at radius 3 is 2.51 bits per heavy atom. The lowest BCUT2D eigenvalue weighted by Crippen LogP contribution is -2.54. The highest BCUT2D eigenvalue weighted by molar-refractivity contribution is 6.39. The Kier molecular flexibility index (Phi) is 7.42. The first-order valence-electron chi connectivity index (χ1n) is 10.6. The summed E-state index contributed by atoms with van der Waals surface area (Å²) < 4.78 is 11.2. The van der Waals surface area contributed by atoms with E-state index in [-0.39, 0.29) is 23.6 Å². The normalized spacial score (nSPS) is 14.5. The molecule has 3 aromatic rings. The third-order valence-electron chi connectivity index (χ3n) is 5.30. The van der Waals surface area contributed by atoms with Crippen molar-refractivity contribution in [3.63, 3.8) is 0 Å². The molecule has 1 fully saturated rings. The van der Waals surface area contributed by atoms with E-state index in [2.05, 4.69) is 5.32 Å². The largest absolute Gasteiger partial charge is 0.493 e. The number of non-ortho nitro benzene ring substituents is 1. The quantitative estimate of drug-likeness (QED) is 0.189. The van der Waals surface area contributed by atoms with Crippen LogP contribution in [0.4, 0.5) is 16.2 Å². The summed E-state index contributed by atoms with van der Waals surface area (Å²) in [5.41, 5.74) is 0.378. The summed E-state index contributed by atoms with van der Waals surface area (Å²) in [6, 6.07) is 13.7. The van der Waals surface area contributed by atoms with Crippen LogP contribution in [0, 0.1) is 10.1 Å². The number of imide groups is 2. The maximum Gasteiger partial charge on any atom is 0.335 e. The van der Waals surface area contributed by atoms with Gasteiger partial charge in [-0.25, -0.2) is 9.69 Å². The van der Waals surface area contributed by atoms with Crippen LogP contribution >= 0.6 is 23.2 Å². The van der Waals surface area contributed by atoms with Crippen LogP contribution in [0.25, 0.3) is 6.08 Å². The summed E-state index contributed by atoms with van der Waals surface area (Å²) in [7, 11) is 1.43. The van der Waals surface area contributed by atoms with Crippen molar-refractivity contribution in [1.29, 1.82) is 0 Å². The van der Waals surface area contributed by atoms with Crippen LogP contribution < -0.4 is 19.7 Å². The second-order valence-electron chi connectivity index (χ2n) is 7.67. The predicted octanol–water partition coefficient (Wildman–Crippen LogP) is 5.16. The highest BCUT2D eigenvalue weighted by Crippen LogP contribution is 2.32. The molecule has 37 heavy (non-hydrogen) atoms. The number of carbonyl (C=O) groups excluding carboxylic acids is 3. The topological polar surface area (TPSA) is 128 Å². The molecule has 0 spiro atoms. The molecule has 1 aliphatic heterocycles. The summed E-state index contributed by atoms with van der Waals surface area (Å²) in [6.45, 7) is 0.133. The Hall–Kier alpha value is -4.41. The molecule has 0 radical (unpaired) electrons. The monoisotopic (exact) mass is 541 g/mol. The molecule has 0 saturated carbocycles. The van der Waals surface area contributed by atoms with Crippen molar-refractivity contribution in [2.24, 2.45) is 0 Å². The highest BCUT2D eigenvalue weighted by atomic mass is 35.5. The Balaban J connectivity index is 1.60. The molecule has 0 aromatic heterocycles. The smallest absolute Gasteiger partial charge is 0.335 e. The molecular formula is C25H17Cl2N3O7. The number of urea groups is 1. The second kappa shape index (κ2) is 10.7. The van der Waals surface area contributed by atoms with E-state index < -0.39 is 22.8 Å². The number of ether oxygens (including phenoxy) is 2. The van der Waals surface area contributed by atoms with E-state index in [9.17, 15) is 24.5 Å². The number of nitrogens with one attached hydrogen (secondary N) is 1. The standard InChI is InChI=1S/C25H17Cl2N3O7/c1-36-22-10-14(5-8-21(22)37-13-15-6-7-16(26)11-20(15)27)9-19-23(31)28-25(33)29(24(19)32)17-3-2-4-18(12-17)30(34)35/h2-12H,13H2,1H3,(H,28,31,33)/b19-9+. The first-order valence-corrected chi connectivity index (χ1v) is 11.3. The first kappa shape index (κ1) is 25.7. The summed E-state index contributed by atoms with van der Waals surface area (Å²) in [4.78, 5) is 49.1. The van der Waals surface area contributed by atoms with Crippen molar-refractivity contribution < 1.29 is 28.8 Å². The maximum atomic E-state index is 13.1. The minimum atomic E-state index is -1.02.